The second-order valence-electron chi connectivity index (χ2n) is 11.1. The predicted molar refractivity (Wildman–Crippen MR) is 182 cm³/mol. The molecule has 9 aromatic rings. The highest BCUT2D eigenvalue weighted by molar-refractivity contribution is 6.10. The Morgan fingerprint density at radius 3 is 1.30 bits per heavy atom. The highest BCUT2D eigenvalue weighted by Crippen LogP contribution is 2.37. The van der Waals surface area contributed by atoms with Crippen LogP contribution in [0.5, 0.6) is 0 Å². The minimum Gasteiger partial charge on any atom is -0.309 e. The molecule has 4 nitrogen and oxygen atoms in total. The van der Waals surface area contributed by atoms with Crippen LogP contribution in [0, 0.1) is 0 Å². The summed E-state index contributed by atoms with van der Waals surface area (Å²) in [6.45, 7) is 0. The van der Waals surface area contributed by atoms with Gasteiger partial charge in [-0.2, -0.15) is 0 Å². The van der Waals surface area contributed by atoms with E-state index in [-0.39, 0.29) is 0 Å². The number of benzene rings is 6. The molecule has 0 aliphatic carbocycles. The number of hydrogen-bond donors (Lipinski definition) is 0. The zero-order chi connectivity index (χ0) is 29.0. The van der Waals surface area contributed by atoms with Gasteiger partial charge in [0.2, 0.25) is 0 Å². The first-order valence-electron chi connectivity index (χ1n) is 14.8. The summed E-state index contributed by atoms with van der Waals surface area (Å²) in [7, 11) is 0. The summed E-state index contributed by atoms with van der Waals surface area (Å²) in [5, 5.41) is 4.95. The number of para-hydroxylation sites is 4. The summed E-state index contributed by atoms with van der Waals surface area (Å²) in [6.07, 6.45) is 1.86. The molecule has 6 aromatic carbocycles. The Balaban J connectivity index is 1.37. The van der Waals surface area contributed by atoms with Crippen LogP contribution in [0.2, 0.25) is 0 Å². The molecule has 3 aromatic heterocycles. The van der Waals surface area contributed by atoms with E-state index < -0.39 is 0 Å². The van der Waals surface area contributed by atoms with Crippen molar-refractivity contribution >= 4 is 43.6 Å². The standard InChI is InChI=1S/C40H26N4/c1-2-12-27(13-3-1)40-41-23-22-35(42-40)28-24-29(43-36-18-8-4-14-31(36)32-15-5-9-19-37(32)43)26-30(25-28)44-38-20-10-6-16-33(38)34-17-7-11-21-39(34)44/h1-26H. The summed E-state index contributed by atoms with van der Waals surface area (Å²) in [4.78, 5) is 9.70. The lowest BCUT2D eigenvalue weighted by Crippen LogP contribution is -2.01. The molecule has 0 bridgehead atoms. The lowest BCUT2D eigenvalue weighted by atomic mass is 10.1. The number of fused-ring (bicyclic) bond motifs is 6. The van der Waals surface area contributed by atoms with Gasteiger partial charge in [-0.3, -0.25) is 0 Å². The fourth-order valence-corrected chi connectivity index (χ4v) is 6.65. The van der Waals surface area contributed by atoms with Gasteiger partial charge in [0.25, 0.3) is 0 Å². The molecule has 0 aliphatic heterocycles. The Morgan fingerprint density at radius 2 is 0.818 bits per heavy atom. The normalized spacial score (nSPS) is 11.6. The lowest BCUT2D eigenvalue weighted by molar-refractivity contribution is 1.13. The maximum Gasteiger partial charge on any atom is 0.159 e. The molecule has 0 fully saturated rings. The highest BCUT2D eigenvalue weighted by atomic mass is 15.0. The van der Waals surface area contributed by atoms with Gasteiger partial charge < -0.3 is 9.13 Å². The van der Waals surface area contributed by atoms with Gasteiger partial charge in [0, 0.05) is 50.2 Å². The van der Waals surface area contributed by atoms with Crippen LogP contribution in [0.1, 0.15) is 0 Å². The van der Waals surface area contributed by atoms with Crippen molar-refractivity contribution in [3.05, 3.63) is 158 Å². The molecular weight excluding hydrogens is 536 g/mol. The number of nitrogens with zero attached hydrogens (tertiary/aromatic N) is 4. The Bertz CT molecular complexity index is 2260. The largest absolute Gasteiger partial charge is 0.309 e. The molecule has 0 saturated heterocycles. The van der Waals surface area contributed by atoms with Gasteiger partial charge in [0.15, 0.2) is 5.82 Å². The molecule has 0 saturated carbocycles. The first kappa shape index (κ1) is 24.6. The van der Waals surface area contributed by atoms with Crippen molar-refractivity contribution in [2.75, 3.05) is 0 Å². The molecule has 0 aliphatic rings. The van der Waals surface area contributed by atoms with Gasteiger partial charge in [0.1, 0.15) is 0 Å². The summed E-state index contributed by atoms with van der Waals surface area (Å²) in [6, 6.07) is 53.6. The summed E-state index contributed by atoms with van der Waals surface area (Å²) < 4.78 is 4.76. The minimum absolute atomic E-state index is 0.712. The van der Waals surface area contributed by atoms with Crippen molar-refractivity contribution in [3.63, 3.8) is 0 Å². The molecule has 4 heteroatoms. The average molecular weight is 563 g/mol. The number of rotatable bonds is 4. The molecule has 0 spiro atoms. The molecule has 0 amide bonds. The van der Waals surface area contributed by atoms with Gasteiger partial charge in [-0.25, -0.2) is 9.97 Å². The monoisotopic (exact) mass is 562 g/mol. The molecule has 9 rings (SSSR count). The van der Waals surface area contributed by atoms with Gasteiger partial charge in [-0.1, -0.05) is 103 Å². The first-order valence-corrected chi connectivity index (χ1v) is 14.8. The predicted octanol–water partition coefficient (Wildman–Crippen LogP) is 10.0. The summed E-state index contributed by atoms with van der Waals surface area (Å²) in [5.41, 5.74) is 9.75. The van der Waals surface area contributed by atoms with Gasteiger partial charge in [-0.05, 0) is 48.5 Å². The van der Waals surface area contributed by atoms with Crippen molar-refractivity contribution in [1.29, 1.82) is 0 Å². The molecule has 44 heavy (non-hydrogen) atoms. The Hall–Kier alpha value is -6.00. The van der Waals surface area contributed by atoms with Crippen LogP contribution in [-0.2, 0) is 0 Å². The first-order chi connectivity index (χ1) is 21.8. The van der Waals surface area contributed by atoms with Crippen LogP contribution in [0.4, 0.5) is 0 Å². The van der Waals surface area contributed by atoms with E-state index in [2.05, 4.69) is 142 Å². The van der Waals surface area contributed by atoms with E-state index in [0.29, 0.717) is 5.82 Å². The molecule has 206 valence electrons. The van der Waals surface area contributed by atoms with Crippen LogP contribution in [-0.4, -0.2) is 19.1 Å². The summed E-state index contributed by atoms with van der Waals surface area (Å²) >= 11 is 0. The third kappa shape index (κ3) is 3.78. The van der Waals surface area contributed by atoms with E-state index in [0.717, 1.165) is 28.2 Å². The molecule has 0 atom stereocenters. The average Bonchev–Trinajstić information content (AvgIpc) is 3.62. The Kier molecular flexibility index (Phi) is 5.47. The van der Waals surface area contributed by atoms with Crippen molar-refractivity contribution in [3.8, 4) is 34.0 Å². The Morgan fingerprint density at radius 1 is 0.386 bits per heavy atom. The van der Waals surface area contributed by atoms with Gasteiger partial charge in [-0.15, -0.1) is 0 Å². The fraction of sp³-hybridized carbons (Fsp3) is 0. The molecule has 0 N–H and O–H groups in total. The maximum atomic E-state index is 5.08. The highest BCUT2D eigenvalue weighted by Gasteiger charge is 2.17. The van der Waals surface area contributed by atoms with Crippen molar-refractivity contribution in [2.45, 2.75) is 0 Å². The van der Waals surface area contributed by atoms with Crippen LogP contribution in [0.25, 0.3) is 77.6 Å². The van der Waals surface area contributed by atoms with Crippen LogP contribution in [0.3, 0.4) is 0 Å². The third-order valence-corrected chi connectivity index (χ3v) is 8.56. The van der Waals surface area contributed by atoms with E-state index in [4.69, 9.17) is 4.98 Å². The van der Waals surface area contributed by atoms with E-state index in [9.17, 15) is 0 Å². The third-order valence-electron chi connectivity index (χ3n) is 8.56. The lowest BCUT2D eigenvalue weighted by Gasteiger charge is -2.16. The van der Waals surface area contributed by atoms with Crippen molar-refractivity contribution < 1.29 is 0 Å². The van der Waals surface area contributed by atoms with Gasteiger partial charge >= 0.3 is 0 Å². The second kappa shape index (κ2) is 9.79. The molecular formula is C40H26N4. The van der Waals surface area contributed by atoms with E-state index in [1.807, 2.05) is 30.5 Å². The summed E-state index contributed by atoms with van der Waals surface area (Å²) in [5.74, 6) is 0.712. The SMILES string of the molecule is c1ccc(-c2nccc(-c3cc(-n4c5ccccc5c5ccccc54)cc(-n4c5ccccc5c5ccccc54)c3)n2)cc1. The quantitative estimate of drug-likeness (QED) is 0.214. The smallest absolute Gasteiger partial charge is 0.159 e. The Labute approximate surface area is 254 Å². The van der Waals surface area contributed by atoms with Crippen LogP contribution in [0.15, 0.2) is 158 Å². The fourth-order valence-electron chi connectivity index (χ4n) is 6.65. The van der Waals surface area contributed by atoms with Gasteiger partial charge in [0.05, 0.1) is 27.8 Å². The zero-order valence-corrected chi connectivity index (χ0v) is 23.8. The van der Waals surface area contributed by atoms with Crippen LogP contribution < -0.4 is 0 Å². The second-order valence-corrected chi connectivity index (χ2v) is 11.1. The molecule has 0 radical (unpaired) electrons. The zero-order valence-electron chi connectivity index (χ0n) is 23.8. The van der Waals surface area contributed by atoms with Crippen molar-refractivity contribution in [1.82, 2.24) is 19.1 Å². The molecule has 0 unspecified atom stereocenters. The van der Waals surface area contributed by atoms with Crippen LogP contribution >= 0.6 is 0 Å². The van der Waals surface area contributed by atoms with E-state index in [1.54, 1.807) is 0 Å². The minimum atomic E-state index is 0.712. The number of hydrogen-bond acceptors (Lipinski definition) is 2. The van der Waals surface area contributed by atoms with E-state index in [1.165, 1.54) is 43.6 Å². The molecule has 3 heterocycles. The topological polar surface area (TPSA) is 35.6 Å². The maximum absolute atomic E-state index is 5.08. The number of aromatic nitrogens is 4. The van der Waals surface area contributed by atoms with E-state index >= 15 is 0 Å². The van der Waals surface area contributed by atoms with Crippen molar-refractivity contribution in [2.24, 2.45) is 0 Å².